The van der Waals surface area contributed by atoms with Gasteiger partial charge in [0.05, 0.1) is 27.0 Å². The fourth-order valence-electron chi connectivity index (χ4n) is 3.05. The highest BCUT2D eigenvalue weighted by molar-refractivity contribution is 5.82. The molecule has 162 valence electrons. The number of nitrogens with zero attached hydrogens (tertiary/aromatic N) is 1. The molecule has 2 aromatic rings. The molecule has 0 radical (unpaired) electrons. The first-order valence-electron chi connectivity index (χ1n) is 9.91. The van der Waals surface area contributed by atoms with Crippen LogP contribution in [0, 0.1) is 11.3 Å². The SMILES string of the molecule is [2H]C1([2H])Cc2c(C#N)c(NCC(=C)CC(=O)NO)cc(-c3ccc(OC(F)(F)F)cc3)c2O1. The van der Waals surface area contributed by atoms with Crippen molar-refractivity contribution < 1.29 is 35.4 Å². The van der Waals surface area contributed by atoms with Crippen molar-refractivity contribution in [3.8, 4) is 28.7 Å². The average molecular weight is 435 g/mol. The molecule has 1 aliphatic heterocycles. The third-order valence-electron chi connectivity index (χ3n) is 4.38. The lowest BCUT2D eigenvalue weighted by atomic mass is 9.95. The summed E-state index contributed by atoms with van der Waals surface area (Å²) in [7, 11) is 0. The second kappa shape index (κ2) is 8.97. The molecule has 7 nitrogen and oxygen atoms in total. The van der Waals surface area contributed by atoms with E-state index in [-0.39, 0.29) is 30.7 Å². The summed E-state index contributed by atoms with van der Waals surface area (Å²) in [5.41, 5.74) is 3.38. The number of hydrogen-bond acceptors (Lipinski definition) is 6. The van der Waals surface area contributed by atoms with Gasteiger partial charge in [-0.05, 0) is 29.3 Å². The van der Waals surface area contributed by atoms with E-state index in [2.05, 4.69) is 16.6 Å². The maximum absolute atomic E-state index is 12.4. The minimum atomic E-state index is -4.84. The Labute approximate surface area is 178 Å². The molecule has 10 heteroatoms. The number of hydrogen-bond donors (Lipinski definition) is 3. The van der Waals surface area contributed by atoms with Crippen LogP contribution in [-0.2, 0) is 11.2 Å². The third-order valence-corrected chi connectivity index (χ3v) is 4.38. The zero-order valence-corrected chi connectivity index (χ0v) is 16.0. The average Bonchev–Trinajstić information content (AvgIpc) is 3.05. The van der Waals surface area contributed by atoms with Gasteiger partial charge in [0.25, 0.3) is 0 Å². The summed E-state index contributed by atoms with van der Waals surface area (Å²) in [6.07, 6.45) is -5.23. The molecule has 1 amide bonds. The number of nitrogens with one attached hydrogen (secondary N) is 2. The predicted molar refractivity (Wildman–Crippen MR) is 105 cm³/mol. The topological polar surface area (TPSA) is 104 Å². The van der Waals surface area contributed by atoms with Crippen LogP contribution in [0.4, 0.5) is 18.9 Å². The van der Waals surface area contributed by atoms with Crippen molar-refractivity contribution in [2.75, 3.05) is 18.4 Å². The minimum Gasteiger partial charge on any atom is -0.492 e. The van der Waals surface area contributed by atoms with Gasteiger partial charge in [0.1, 0.15) is 17.6 Å². The van der Waals surface area contributed by atoms with Gasteiger partial charge in [-0.3, -0.25) is 10.0 Å². The van der Waals surface area contributed by atoms with Gasteiger partial charge >= 0.3 is 6.36 Å². The second-order valence-electron chi connectivity index (χ2n) is 6.58. The van der Waals surface area contributed by atoms with Crippen molar-refractivity contribution in [3.63, 3.8) is 0 Å². The van der Waals surface area contributed by atoms with Crippen molar-refractivity contribution in [1.29, 1.82) is 5.26 Å². The van der Waals surface area contributed by atoms with Gasteiger partial charge in [0.15, 0.2) is 0 Å². The van der Waals surface area contributed by atoms with E-state index >= 15 is 0 Å². The molecule has 0 saturated heterocycles. The van der Waals surface area contributed by atoms with Gasteiger partial charge in [-0.25, -0.2) is 5.48 Å². The van der Waals surface area contributed by atoms with E-state index in [1.807, 2.05) is 6.07 Å². The zero-order valence-electron chi connectivity index (χ0n) is 18.0. The van der Waals surface area contributed by atoms with Crippen LogP contribution >= 0.6 is 0 Å². The lowest BCUT2D eigenvalue weighted by molar-refractivity contribution is -0.274. The zero-order chi connectivity index (χ0) is 24.4. The number of halogens is 3. The van der Waals surface area contributed by atoms with E-state index in [9.17, 15) is 23.2 Å². The summed E-state index contributed by atoms with van der Waals surface area (Å²) in [6.45, 7) is 1.70. The van der Waals surface area contributed by atoms with Crippen LogP contribution in [0.1, 0.15) is 20.3 Å². The first-order valence-corrected chi connectivity index (χ1v) is 8.91. The first-order chi connectivity index (χ1) is 15.4. The van der Waals surface area contributed by atoms with Crippen LogP contribution in [0.2, 0.25) is 0 Å². The van der Waals surface area contributed by atoms with Crippen molar-refractivity contribution in [1.82, 2.24) is 5.48 Å². The third kappa shape index (κ3) is 5.26. The summed E-state index contributed by atoms with van der Waals surface area (Å²) >= 11 is 0. The summed E-state index contributed by atoms with van der Waals surface area (Å²) < 4.78 is 62.6. The molecule has 3 rings (SSSR count). The monoisotopic (exact) mass is 435 g/mol. The normalized spacial score (nSPS) is 14.9. The van der Waals surface area contributed by atoms with Crippen LogP contribution in [0.3, 0.4) is 0 Å². The van der Waals surface area contributed by atoms with Crippen molar-refractivity contribution in [2.24, 2.45) is 0 Å². The smallest absolute Gasteiger partial charge is 0.492 e. The number of ether oxygens (including phenoxy) is 2. The molecule has 1 aliphatic rings. The highest BCUT2D eigenvalue weighted by Crippen LogP contribution is 2.42. The van der Waals surface area contributed by atoms with E-state index in [0.717, 1.165) is 12.1 Å². The van der Waals surface area contributed by atoms with Crippen molar-refractivity contribution in [2.45, 2.75) is 19.2 Å². The van der Waals surface area contributed by atoms with Gasteiger partial charge in [0.2, 0.25) is 5.91 Å². The maximum atomic E-state index is 12.4. The molecule has 0 spiro atoms. The van der Waals surface area contributed by atoms with Gasteiger partial charge in [0, 0.05) is 24.1 Å². The van der Waals surface area contributed by atoms with E-state index in [1.165, 1.54) is 23.7 Å². The number of hydroxylamine groups is 1. The van der Waals surface area contributed by atoms with E-state index < -0.39 is 24.6 Å². The number of rotatable bonds is 7. The number of nitriles is 1. The molecule has 31 heavy (non-hydrogen) atoms. The van der Waals surface area contributed by atoms with E-state index in [4.69, 9.17) is 12.7 Å². The van der Waals surface area contributed by atoms with Gasteiger partial charge < -0.3 is 14.8 Å². The lowest BCUT2D eigenvalue weighted by Crippen LogP contribution is -2.20. The molecule has 1 heterocycles. The number of carbonyl (C=O) groups is 1. The number of benzene rings is 2. The number of alkyl halides is 3. The lowest BCUT2D eigenvalue weighted by Gasteiger charge is -2.16. The molecule has 3 N–H and O–H groups in total. The van der Waals surface area contributed by atoms with Crippen LogP contribution in [0.5, 0.6) is 11.5 Å². The van der Waals surface area contributed by atoms with Gasteiger partial charge in [-0.2, -0.15) is 5.26 Å². The first kappa shape index (κ1) is 19.3. The molecule has 0 unspecified atom stereocenters. The van der Waals surface area contributed by atoms with Crippen LogP contribution < -0.4 is 20.3 Å². The fourth-order valence-corrected chi connectivity index (χ4v) is 3.05. The molecule has 0 aliphatic carbocycles. The number of amides is 1. The predicted octanol–water partition coefficient (Wildman–Crippen LogP) is 3.92. The van der Waals surface area contributed by atoms with Crippen molar-refractivity contribution in [3.05, 3.63) is 53.6 Å². The Morgan fingerprint density at radius 1 is 1.39 bits per heavy atom. The Hall–Kier alpha value is -3.71. The highest BCUT2D eigenvalue weighted by atomic mass is 19.4. The fraction of sp³-hybridized carbons (Fsp3) is 0.238. The van der Waals surface area contributed by atoms with Gasteiger partial charge in [-0.1, -0.05) is 18.7 Å². The quantitative estimate of drug-likeness (QED) is 0.346. The second-order valence-corrected chi connectivity index (χ2v) is 6.58. The Morgan fingerprint density at radius 2 is 2.10 bits per heavy atom. The molecule has 0 bridgehead atoms. The number of fused-ring (bicyclic) bond motifs is 1. The summed E-state index contributed by atoms with van der Waals surface area (Å²) in [4.78, 5) is 11.3. The van der Waals surface area contributed by atoms with Crippen LogP contribution in [0.25, 0.3) is 11.1 Å². The van der Waals surface area contributed by atoms with Gasteiger partial charge in [-0.15, -0.1) is 13.2 Å². The van der Waals surface area contributed by atoms with E-state index in [0.29, 0.717) is 28.0 Å². The van der Waals surface area contributed by atoms with Crippen LogP contribution in [-0.4, -0.2) is 30.6 Å². The minimum absolute atomic E-state index is 0.0619. The number of carbonyl (C=O) groups excluding carboxylic acids is 1. The molecule has 0 aromatic heterocycles. The largest absolute Gasteiger partial charge is 0.573 e. The highest BCUT2D eigenvalue weighted by Gasteiger charge is 2.31. The summed E-state index contributed by atoms with van der Waals surface area (Å²) in [6, 6.07) is 8.46. The molecule has 0 saturated carbocycles. The Morgan fingerprint density at radius 3 is 2.71 bits per heavy atom. The molecule has 2 aromatic carbocycles. The molecule has 0 atom stereocenters. The van der Waals surface area contributed by atoms with Crippen LogP contribution in [0.15, 0.2) is 42.5 Å². The maximum Gasteiger partial charge on any atom is 0.573 e. The molecular weight excluding hydrogens is 415 g/mol. The van der Waals surface area contributed by atoms with Crippen molar-refractivity contribution >= 4 is 11.6 Å². The Kier molecular flexibility index (Phi) is 5.58. The standard InChI is InChI=1S/C21H18F3N3O4/c1-12(8-19(28)27-29)11-26-18-9-16(20-15(6-7-30-20)17(18)10-25)13-2-4-14(5-3-13)31-21(22,23)24/h2-5,9,26,29H,1,6-8,11H2,(H,27,28)/i7D2. The van der Waals surface area contributed by atoms with E-state index in [1.54, 1.807) is 0 Å². The number of anilines is 1. The molecule has 0 fully saturated rings. The Balaban J connectivity index is 1.99. The molecular formula is C21H18F3N3O4. The summed E-state index contributed by atoms with van der Waals surface area (Å²) in [5, 5.41) is 21.3. The summed E-state index contributed by atoms with van der Waals surface area (Å²) in [5.74, 6) is -0.977. The Bertz CT molecular complexity index is 1130.